The van der Waals surface area contributed by atoms with E-state index in [2.05, 4.69) is 15.3 Å². The maximum Gasteiger partial charge on any atom is 0.316 e. The highest BCUT2D eigenvalue weighted by Gasteiger charge is 2.10. The van der Waals surface area contributed by atoms with Crippen molar-refractivity contribution in [1.82, 2.24) is 24.8 Å². The molecule has 0 spiro atoms. The summed E-state index contributed by atoms with van der Waals surface area (Å²) in [5.74, 6) is 1.08. The molecule has 0 aliphatic heterocycles. The standard InChI is InChI=1S/C12H16ClN5O/c1-17(2)12(19)15-6-7-18-10(8-13)16-9-4-3-5-14-11(9)18/h3-5H,6-8H2,1-2H3,(H,15,19). The first-order valence-electron chi connectivity index (χ1n) is 5.94. The number of urea groups is 1. The Labute approximate surface area is 116 Å². The Bertz CT molecular complexity index is 581. The first-order valence-corrected chi connectivity index (χ1v) is 6.48. The second-order valence-corrected chi connectivity index (χ2v) is 4.55. The highest BCUT2D eigenvalue weighted by Crippen LogP contribution is 2.14. The maximum atomic E-state index is 11.4. The van der Waals surface area contributed by atoms with E-state index in [1.54, 1.807) is 20.3 Å². The van der Waals surface area contributed by atoms with Gasteiger partial charge in [-0.3, -0.25) is 0 Å². The van der Waals surface area contributed by atoms with Gasteiger partial charge in [0.2, 0.25) is 0 Å². The number of rotatable bonds is 4. The zero-order valence-corrected chi connectivity index (χ0v) is 11.7. The molecule has 0 atom stereocenters. The van der Waals surface area contributed by atoms with Gasteiger partial charge in [0.1, 0.15) is 11.3 Å². The van der Waals surface area contributed by atoms with Crippen LogP contribution in [0.2, 0.25) is 0 Å². The predicted octanol–water partition coefficient (Wildman–Crippen LogP) is 1.44. The molecule has 2 amide bonds. The van der Waals surface area contributed by atoms with Gasteiger partial charge in [-0.1, -0.05) is 0 Å². The Morgan fingerprint density at radius 3 is 3.00 bits per heavy atom. The highest BCUT2D eigenvalue weighted by atomic mass is 35.5. The quantitative estimate of drug-likeness (QED) is 0.863. The summed E-state index contributed by atoms with van der Waals surface area (Å²) in [6.45, 7) is 1.10. The van der Waals surface area contributed by atoms with Crippen LogP contribution in [0.1, 0.15) is 5.82 Å². The van der Waals surface area contributed by atoms with E-state index in [0.29, 0.717) is 19.0 Å². The van der Waals surface area contributed by atoms with Crippen molar-refractivity contribution in [2.75, 3.05) is 20.6 Å². The molecule has 0 aromatic carbocycles. The van der Waals surface area contributed by atoms with Crippen molar-refractivity contribution < 1.29 is 4.79 Å². The molecule has 0 saturated carbocycles. The molecule has 0 radical (unpaired) electrons. The average Bonchev–Trinajstić information content (AvgIpc) is 2.76. The smallest absolute Gasteiger partial charge is 0.316 e. The van der Waals surface area contributed by atoms with Crippen molar-refractivity contribution in [3.05, 3.63) is 24.2 Å². The van der Waals surface area contributed by atoms with Crippen LogP contribution in [0.3, 0.4) is 0 Å². The lowest BCUT2D eigenvalue weighted by Gasteiger charge is -2.13. The van der Waals surface area contributed by atoms with Crippen molar-refractivity contribution in [3.63, 3.8) is 0 Å². The minimum Gasteiger partial charge on any atom is -0.336 e. The van der Waals surface area contributed by atoms with E-state index >= 15 is 0 Å². The summed E-state index contributed by atoms with van der Waals surface area (Å²) in [6.07, 6.45) is 1.72. The molecule has 102 valence electrons. The molecule has 2 aromatic heterocycles. The normalized spacial score (nSPS) is 10.7. The summed E-state index contributed by atoms with van der Waals surface area (Å²) < 4.78 is 1.93. The minimum absolute atomic E-state index is 0.121. The van der Waals surface area contributed by atoms with Crippen molar-refractivity contribution in [2.24, 2.45) is 0 Å². The number of amides is 2. The third kappa shape index (κ3) is 2.96. The Hall–Kier alpha value is -1.82. The molecule has 6 nitrogen and oxygen atoms in total. The van der Waals surface area contributed by atoms with Gasteiger partial charge < -0.3 is 14.8 Å². The molecule has 2 rings (SSSR count). The Kier molecular flexibility index (Phi) is 4.21. The molecule has 0 unspecified atom stereocenters. The summed E-state index contributed by atoms with van der Waals surface area (Å²) in [7, 11) is 3.40. The van der Waals surface area contributed by atoms with Gasteiger partial charge in [0, 0.05) is 33.4 Å². The maximum absolute atomic E-state index is 11.4. The van der Waals surface area contributed by atoms with Crippen molar-refractivity contribution in [1.29, 1.82) is 0 Å². The lowest BCUT2D eigenvalue weighted by Crippen LogP contribution is -2.36. The van der Waals surface area contributed by atoms with Gasteiger partial charge in [-0.05, 0) is 12.1 Å². The van der Waals surface area contributed by atoms with E-state index in [9.17, 15) is 4.79 Å². The highest BCUT2D eigenvalue weighted by molar-refractivity contribution is 6.16. The number of hydrogen-bond donors (Lipinski definition) is 1. The van der Waals surface area contributed by atoms with E-state index in [1.807, 2.05) is 16.7 Å². The van der Waals surface area contributed by atoms with Crippen LogP contribution in [0.4, 0.5) is 4.79 Å². The fraction of sp³-hybridized carbons (Fsp3) is 0.417. The number of nitrogens with zero attached hydrogens (tertiary/aromatic N) is 4. The molecule has 1 N–H and O–H groups in total. The largest absolute Gasteiger partial charge is 0.336 e. The summed E-state index contributed by atoms with van der Waals surface area (Å²) in [5.41, 5.74) is 1.61. The minimum atomic E-state index is -0.121. The SMILES string of the molecule is CN(C)C(=O)NCCn1c(CCl)nc2cccnc21. The van der Waals surface area contributed by atoms with Gasteiger partial charge in [-0.2, -0.15) is 0 Å². The van der Waals surface area contributed by atoms with Crippen LogP contribution in [-0.2, 0) is 12.4 Å². The monoisotopic (exact) mass is 281 g/mol. The molecule has 0 saturated heterocycles. The number of alkyl halides is 1. The second-order valence-electron chi connectivity index (χ2n) is 4.29. The number of carbonyl (C=O) groups excluding carboxylic acids is 1. The van der Waals surface area contributed by atoms with Gasteiger partial charge in [0.05, 0.1) is 5.88 Å². The average molecular weight is 282 g/mol. The predicted molar refractivity (Wildman–Crippen MR) is 74.2 cm³/mol. The molecule has 2 aromatic rings. The van der Waals surface area contributed by atoms with Gasteiger partial charge in [0.15, 0.2) is 5.65 Å². The van der Waals surface area contributed by atoms with Gasteiger partial charge in [-0.25, -0.2) is 14.8 Å². The molecule has 0 bridgehead atoms. The summed E-state index contributed by atoms with van der Waals surface area (Å²) >= 11 is 5.89. The Morgan fingerprint density at radius 2 is 2.32 bits per heavy atom. The third-order valence-corrected chi connectivity index (χ3v) is 2.96. The van der Waals surface area contributed by atoms with Crippen molar-refractivity contribution in [2.45, 2.75) is 12.4 Å². The summed E-state index contributed by atoms with van der Waals surface area (Å²) in [5, 5.41) is 2.80. The molecular formula is C12H16ClN5O. The molecule has 0 fully saturated rings. The van der Waals surface area contributed by atoms with E-state index in [1.165, 1.54) is 4.90 Å². The first kappa shape index (κ1) is 13.6. The lowest BCUT2D eigenvalue weighted by molar-refractivity contribution is 0.217. The van der Waals surface area contributed by atoms with Crippen LogP contribution in [0.15, 0.2) is 18.3 Å². The number of aromatic nitrogens is 3. The second kappa shape index (κ2) is 5.88. The number of carbonyl (C=O) groups is 1. The Balaban J connectivity index is 2.13. The third-order valence-electron chi connectivity index (χ3n) is 2.72. The van der Waals surface area contributed by atoms with Crippen molar-refractivity contribution in [3.8, 4) is 0 Å². The number of halogens is 1. The number of hydrogen-bond acceptors (Lipinski definition) is 3. The van der Waals surface area contributed by atoms with Gasteiger partial charge in [-0.15, -0.1) is 11.6 Å². The van der Waals surface area contributed by atoms with E-state index < -0.39 is 0 Å². The van der Waals surface area contributed by atoms with Crippen LogP contribution in [0.25, 0.3) is 11.2 Å². The van der Waals surface area contributed by atoms with E-state index in [4.69, 9.17) is 11.6 Å². The summed E-state index contributed by atoms with van der Waals surface area (Å²) in [6, 6.07) is 3.61. The molecule has 19 heavy (non-hydrogen) atoms. The van der Waals surface area contributed by atoms with Crippen LogP contribution >= 0.6 is 11.6 Å². The topological polar surface area (TPSA) is 63.1 Å². The van der Waals surface area contributed by atoms with E-state index in [-0.39, 0.29) is 6.03 Å². The van der Waals surface area contributed by atoms with E-state index in [0.717, 1.165) is 17.0 Å². The molecule has 7 heteroatoms. The number of imidazole rings is 1. The lowest BCUT2D eigenvalue weighted by atomic mass is 10.4. The number of nitrogens with one attached hydrogen (secondary N) is 1. The van der Waals surface area contributed by atoms with Crippen molar-refractivity contribution >= 4 is 28.8 Å². The van der Waals surface area contributed by atoms with Crippen LogP contribution < -0.4 is 5.32 Å². The van der Waals surface area contributed by atoms with Crippen LogP contribution in [0.5, 0.6) is 0 Å². The Morgan fingerprint density at radius 1 is 1.53 bits per heavy atom. The zero-order chi connectivity index (χ0) is 13.8. The fourth-order valence-electron chi connectivity index (χ4n) is 1.78. The molecule has 0 aliphatic rings. The van der Waals surface area contributed by atoms with Gasteiger partial charge in [0.25, 0.3) is 0 Å². The van der Waals surface area contributed by atoms with Gasteiger partial charge >= 0.3 is 6.03 Å². The van der Waals surface area contributed by atoms with Crippen LogP contribution in [-0.4, -0.2) is 46.1 Å². The molecule has 0 aliphatic carbocycles. The van der Waals surface area contributed by atoms with Crippen LogP contribution in [0, 0.1) is 0 Å². The molecular weight excluding hydrogens is 266 g/mol. The summed E-state index contributed by atoms with van der Waals surface area (Å²) in [4.78, 5) is 21.6. The molecule has 2 heterocycles. The number of pyridine rings is 1. The fourth-order valence-corrected chi connectivity index (χ4v) is 1.98. The first-order chi connectivity index (χ1) is 9.13. The zero-order valence-electron chi connectivity index (χ0n) is 10.9. The number of fused-ring (bicyclic) bond motifs is 1.